The van der Waals surface area contributed by atoms with Gasteiger partial charge in [0.2, 0.25) is 0 Å². The molecule has 0 saturated carbocycles. The van der Waals surface area contributed by atoms with Crippen molar-refractivity contribution in [3.63, 3.8) is 0 Å². The molecule has 1 saturated heterocycles. The van der Waals surface area contributed by atoms with E-state index in [0.717, 1.165) is 5.56 Å². The minimum absolute atomic E-state index is 0.00354. The van der Waals surface area contributed by atoms with E-state index in [-0.39, 0.29) is 17.0 Å². The van der Waals surface area contributed by atoms with E-state index in [2.05, 4.69) is 39.2 Å². The molecule has 0 radical (unpaired) electrons. The number of hydrogen-bond donors (Lipinski definition) is 1. The Labute approximate surface area is 122 Å². The van der Waals surface area contributed by atoms with E-state index in [4.69, 9.17) is 4.43 Å². The quantitative estimate of drug-likeness (QED) is 0.682. The summed E-state index contributed by atoms with van der Waals surface area (Å²) in [5.74, 6) is -0.00354. The van der Waals surface area contributed by atoms with Gasteiger partial charge in [-0.2, -0.15) is 0 Å². The highest BCUT2D eigenvalue weighted by Gasteiger charge is 2.57. The molecular weight excluding hydrogens is 266 g/mol. The summed E-state index contributed by atoms with van der Waals surface area (Å²) in [6, 6.07) is 9.99. The Hall–Kier alpha value is -1.13. The third kappa shape index (κ3) is 2.42. The number of amides is 1. The van der Waals surface area contributed by atoms with Crippen molar-refractivity contribution in [1.82, 2.24) is 5.32 Å². The van der Waals surface area contributed by atoms with Crippen molar-refractivity contribution in [1.29, 1.82) is 0 Å². The standard InChI is InChI=1S/C16H25NO2Si/c1-15(2,3)20(5,6)19-16(4)13(17-14(16)18)12-10-8-7-9-11-12/h7-11,13H,1-6H3,(H,17,18). The molecule has 2 unspecified atom stereocenters. The predicted molar refractivity (Wildman–Crippen MR) is 84.0 cm³/mol. The molecule has 1 aliphatic rings. The first-order valence-electron chi connectivity index (χ1n) is 7.14. The summed E-state index contributed by atoms with van der Waals surface area (Å²) in [4.78, 5) is 12.1. The molecule has 2 atom stereocenters. The smallest absolute Gasteiger partial charge is 0.253 e. The highest BCUT2D eigenvalue weighted by Crippen LogP contribution is 2.45. The molecule has 1 fully saturated rings. The van der Waals surface area contributed by atoms with Crippen LogP contribution in [0.3, 0.4) is 0 Å². The maximum atomic E-state index is 12.1. The summed E-state index contributed by atoms with van der Waals surface area (Å²) >= 11 is 0. The Kier molecular flexibility index (Phi) is 3.59. The van der Waals surface area contributed by atoms with E-state index in [0.29, 0.717) is 0 Å². The first kappa shape index (κ1) is 15.3. The van der Waals surface area contributed by atoms with Gasteiger partial charge in [0.15, 0.2) is 13.9 Å². The monoisotopic (exact) mass is 291 g/mol. The lowest BCUT2D eigenvalue weighted by atomic mass is 9.82. The Morgan fingerprint density at radius 1 is 1.20 bits per heavy atom. The predicted octanol–water partition coefficient (Wildman–Crippen LogP) is 3.64. The molecule has 1 aromatic rings. The second kappa shape index (κ2) is 4.71. The molecule has 1 amide bonds. The fraction of sp³-hybridized carbons (Fsp3) is 0.562. The van der Waals surface area contributed by atoms with Gasteiger partial charge in [-0.15, -0.1) is 0 Å². The van der Waals surface area contributed by atoms with Gasteiger partial charge in [0.05, 0.1) is 6.04 Å². The van der Waals surface area contributed by atoms with Crippen LogP contribution in [0.2, 0.25) is 18.1 Å². The van der Waals surface area contributed by atoms with Crippen molar-refractivity contribution < 1.29 is 9.22 Å². The Bertz CT molecular complexity index is 507. The van der Waals surface area contributed by atoms with E-state index in [1.165, 1.54) is 0 Å². The number of carbonyl (C=O) groups is 1. The number of hydrogen-bond acceptors (Lipinski definition) is 2. The Balaban J connectivity index is 2.27. The Morgan fingerprint density at radius 3 is 2.20 bits per heavy atom. The zero-order chi connectivity index (χ0) is 15.2. The first-order valence-corrected chi connectivity index (χ1v) is 10.0. The van der Waals surface area contributed by atoms with Gasteiger partial charge in [-0.3, -0.25) is 4.79 Å². The van der Waals surface area contributed by atoms with Gasteiger partial charge in [0.1, 0.15) is 0 Å². The molecule has 4 heteroatoms. The van der Waals surface area contributed by atoms with Crippen LogP contribution in [0.15, 0.2) is 30.3 Å². The van der Waals surface area contributed by atoms with Crippen molar-refractivity contribution in [3.05, 3.63) is 35.9 Å². The molecule has 1 N–H and O–H groups in total. The van der Waals surface area contributed by atoms with Crippen LogP contribution in [-0.2, 0) is 9.22 Å². The third-order valence-corrected chi connectivity index (χ3v) is 9.23. The summed E-state index contributed by atoms with van der Waals surface area (Å²) in [6.07, 6.45) is 0. The van der Waals surface area contributed by atoms with Crippen LogP contribution >= 0.6 is 0 Å². The molecule has 1 aliphatic heterocycles. The summed E-state index contributed by atoms with van der Waals surface area (Å²) in [5, 5.41) is 3.07. The molecule has 1 heterocycles. The number of nitrogens with one attached hydrogen (secondary N) is 1. The van der Waals surface area contributed by atoms with Gasteiger partial charge >= 0.3 is 0 Å². The van der Waals surface area contributed by atoms with E-state index in [9.17, 15) is 4.79 Å². The number of β-lactam (4-membered cyclic amide) rings is 1. The van der Waals surface area contributed by atoms with Crippen molar-refractivity contribution in [2.75, 3.05) is 0 Å². The van der Waals surface area contributed by atoms with Gasteiger partial charge in [0.25, 0.3) is 5.91 Å². The van der Waals surface area contributed by atoms with Crippen LogP contribution in [0.25, 0.3) is 0 Å². The highest BCUT2D eigenvalue weighted by atomic mass is 28.4. The van der Waals surface area contributed by atoms with Crippen LogP contribution in [0, 0.1) is 0 Å². The van der Waals surface area contributed by atoms with Crippen LogP contribution < -0.4 is 5.32 Å². The molecule has 2 rings (SSSR count). The summed E-state index contributed by atoms with van der Waals surface area (Å²) < 4.78 is 6.43. The molecule has 3 nitrogen and oxygen atoms in total. The lowest BCUT2D eigenvalue weighted by Gasteiger charge is -2.52. The maximum Gasteiger partial charge on any atom is 0.253 e. The SMILES string of the molecule is CC1(O[Si](C)(C)C(C)(C)C)C(=O)NC1c1ccccc1. The fourth-order valence-electron chi connectivity index (χ4n) is 2.30. The molecule has 0 bridgehead atoms. The van der Waals surface area contributed by atoms with Crippen LogP contribution in [0.1, 0.15) is 39.3 Å². The molecule has 110 valence electrons. The van der Waals surface area contributed by atoms with Crippen molar-refractivity contribution in [2.45, 2.75) is 57.5 Å². The number of rotatable bonds is 3. The fourth-order valence-corrected chi connectivity index (χ4v) is 3.88. The minimum Gasteiger partial charge on any atom is -0.401 e. The summed E-state index contributed by atoms with van der Waals surface area (Å²) in [6.45, 7) is 12.9. The Morgan fingerprint density at radius 2 is 1.75 bits per heavy atom. The second-order valence-corrected chi connectivity index (χ2v) is 12.0. The highest BCUT2D eigenvalue weighted by molar-refractivity contribution is 6.74. The molecular formula is C16H25NO2Si. The van der Waals surface area contributed by atoms with E-state index in [1.807, 2.05) is 37.3 Å². The minimum atomic E-state index is -1.99. The molecule has 1 aromatic carbocycles. The van der Waals surface area contributed by atoms with Crippen molar-refractivity contribution >= 4 is 14.2 Å². The van der Waals surface area contributed by atoms with E-state index >= 15 is 0 Å². The molecule has 0 spiro atoms. The molecule has 20 heavy (non-hydrogen) atoms. The van der Waals surface area contributed by atoms with Gasteiger partial charge in [-0.1, -0.05) is 51.1 Å². The topological polar surface area (TPSA) is 38.3 Å². The van der Waals surface area contributed by atoms with Gasteiger partial charge in [0, 0.05) is 0 Å². The third-order valence-electron chi connectivity index (χ3n) is 4.68. The van der Waals surface area contributed by atoms with Crippen molar-refractivity contribution in [3.8, 4) is 0 Å². The van der Waals surface area contributed by atoms with Crippen LogP contribution in [0.4, 0.5) is 0 Å². The second-order valence-electron chi connectivity index (χ2n) is 7.29. The average molecular weight is 291 g/mol. The van der Waals surface area contributed by atoms with Crippen LogP contribution in [-0.4, -0.2) is 19.8 Å². The maximum absolute atomic E-state index is 12.1. The first-order chi connectivity index (χ1) is 9.08. The largest absolute Gasteiger partial charge is 0.401 e. The van der Waals surface area contributed by atoms with E-state index < -0.39 is 13.9 Å². The average Bonchev–Trinajstić information content (AvgIpc) is 2.35. The normalized spacial score (nSPS) is 26.9. The zero-order valence-corrected chi connectivity index (χ0v) is 14.3. The van der Waals surface area contributed by atoms with E-state index in [1.54, 1.807) is 0 Å². The number of benzene rings is 1. The lowest BCUT2D eigenvalue weighted by molar-refractivity contribution is -0.155. The zero-order valence-electron chi connectivity index (χ0n) is 13.3. The van der Waals surface area contributed by atoms with Crippen molar-refractivity contribution in [2.24, 2.45) is 0 Å². The van der Waals surface area contributed by atoms with Crippen LogP contribution in [0.5, 0.6) is 0 Å². The van der Waals surface area contributed by atoms with Gasteiger partial charge in [-0.05, 0) is 30.6 Å². The lowest BCUT2D eigenvalue weighted by Crippen LogP contribution is -2.69. The summed E-state index contributed by atoms with van der Waals surface area (Å²) in [7, 11) is -1.99. The molecule has 0 aromatic heterocycles. The summed E-state index contributed by atoms with van der Waals surface area (Å²) in [5.41, 5.74) is 0.359. The molecule has 0 aliphatic carbocycles. The number of carbonyl (C=O) groups excluding carboxylic acids is 1. The van der Waals surface area contributed by atoms with Gasteiger partial charge < -0.3 is 9.74 Å². The van der Waals surface area contributed by atoms with Gasteiger partial charge in [-0.25, -0.2) is 0 Å².